The lowest BCUT2D eigenvalue weighted by Crippen LogP contribution is -2.01. The van der Waals surface area contributed by atoms with Crippen LogP contribution in [-0.2, 0) is 0 Å². The standard InChI is InChI=1S/C14H13N5/c1-8-2-3-9-4-5-17-13(10(9)6-8)11-7-12(15)18-19-14(11)16/h2-7H,1H3,(H2,15,18)(H2,16,19). The SMILES string of the molecule is Cc1ccc2ccnc(-c3cc(N)nnc3N)c2c1. The maximum Gasteiger partial charge on any atom is 0.155 e. The number of rotatable bonds is 1. The third-order valence-corrected chi connectivity index (χ3v) is 3.02. The van der Waals surface area contributed by atoms with Gasteiger partial charge in [-0.1, -0.05) is 17.7 Å². The number of fused-ring (bicyclic) bond motifs is 1. The van der Waals surface area contributed by atoms with Crippen molar-refractivity contribution in [3.05, 3.63) is 42.1 Å². The highest BCUT2D eigenvalue weighted by atomic mass is 15.2. The molecule has 4 N–H and O–H groups in total. The summed E-state index contributed by atoms with van der Waals surface area (Å²) in [6, 6.07) is 9.87. The van der Waals surface area contributed by atoms with E-state index in [9.17, 15) is 0 Å². The zero-order valence-corrected chi connectivity index (χ0v) is 10.5. The highest BCUT2D eigenvalue weighted by molar-refractivity contribution is 5.97. The molecule has 0 aliphatic heterocycles. The maximum atomic E-state index is 5.88. The minimum absolute atomic E-state index is 0.329. The lowest BCUT2D eigenvalue weighted by atomic mass is 10.0. The predicted octanol–water partition coefficient (Wildman–Crippen LogP) is 2.16. The second-order valence-electron chi connectivity index (χ2n) is 4.45. The third-order valence-electron chi connectivity index (χ3n) is 3.02. The second kappa shape index (κ2) is 4.20. The minimum atomic E-state index is 0.329. The topological polar surface area (TPSA) is 90.7 Å². The molecule has 5 heteroatoms. The van der Waals surface area contributed by atoms with Gasteiger partial charge in [-0.05, 0) is 30.5 Å². The molecule has 2 heterocycles. The van der Waals surface area contributed by atoms with E-state index in [1.54, 1.807) is 12.3 Å². The highest BCUT2D eigenvalue weighted by Crippen LogP contribution is 2.30. The van der Waals surface area contributed by atoms with Gasteiger partial charge in [0.2, 0.25) is 0 Å². The Balaban J connectivity index is 2.36. The summed E-state index contributed by atoms with van der Waals surface area (Å²) in [5.74, 6) is 0.659. The molecule has 0 aliphatic rings. The average molecular weight is 251 g/mol. The maximum absolute atomic E-state index is 5.88. The molecule has 0 unspecified atom stereocenters. The zero-order valence-electron chi connectivity index (χ0n) is 10.5. The van der Waals surface area contributed by atoms with Crippen molar-refractivity contribution in [1.82, 2.24) is 15.2 Å². The van der Waals surface area contributed by atoms with Gasteiger partial charge >= 0.3 is 0 Å². The molecule has 0 amide bonds. The van der Waals surface area contributed by atoms with Crippen molar-refractivity contribution >= 4 is 22.4 Å². The van der Waals surface area contributed by atoms with Crippen LogP contribution in [0.25, 0.3) is 22.0 Å². The van der Waals surface area contributed by atoms with Crippen molar-refractivity contribution < 1.29 is 0 Å². The van der Waals surface area contributed by atoms with Crippen molar-refractivity contribution in [2.24, 2.45) is 0 Å². The van der Waals surface area contributed by atoms with Gasteiger partial charge < -0.3 is 11.5 Å². The molecule has 19 heavy (non-hydrogen) atoms. The number of hydrogen-bond donors (Lipinski definition) is 2. The van der Waals surface area contributed by atoms with Crippen molar-refractivity contribution in [2.75, 3.05) is 11.5 Å². The van der Waals surface area contributed by atoms with Crippen LogP contribution in [0.4, 0.5) is 11.6 Å². The van der Waals surface area contributed by atoms with Crippen molar-refractivity contribution in [1.29, 1.82) is 0 Å². The summed E-state index contributed by atoms with van der Waals surface area (Å²) in [4.78, 5) is 4.42. The molecule has 0 bridgehead atoms. The number of aromatic nitrogens is 3. The van der Waals surface area contributed by atoms with E-state index in [1.807, 2.05) is 13.0 Å². The number of hydrogen-bond acceptors (Lipinski definition) is 5. The summed E-state index contributed by atoms with van der Waals surface area (Å²) in [5, 5.41) is 9.72. The van der Waals surface area contributed by atoms with Gasteiger partial charge in [0.25, 0.3) is 0 Å². The molecule has 5 nitrogen and oxygen atoms in total. The van der Waals surface area contributed by atoms with Gasteiger partial charge in [0.15, 0.2) is 5.82 Å². The molecular weight excluding hydrogens is 238 g/mol. The molecule has 3 rings (SSSR count). The van der Waals surface area contributed by atoms with E-state index in [1.165, 1.54) is 0 Å². The van der Waals surface area contributed by atoms with Crippen LogP contribution in [-0.4, -0.2) is 15.2 Å². The van der Waals surface area contributed by atoms with Gasteiger partial charge in [-0.3, -0.25) is 4.98 Å². The number of aryl methyl sites for hydroxylation is 1. The minimum Gasteiger partial charge on any atom is -0.382 e. The van der Waals surface area contributed by atoms with Gasteiger partial charge in [-0.2, -0.15) is 0 Å². The zero-order chi connectivity index (χ0) is 13.4. The first kappa shape index (κ1) is 11.4. The summed E-state index contributed by atoms with van der Waals surface area (Å²) in [5.41, 5.74) is 14.2. The number of pyridine rings is 1. The van der Waals surface area contributed by atoms with E-state index in [0.717, 1.165) is 22.0 Å². The predicted molar refractivity (Wildman–Crippen MR) is 76.3 cm³/mol. The number of nitrogens with zero attached hydrogens (tertiary/aromatic N) is 3. The van der Waals surface area contributed by atoms with Crippen LogP contribution in [0.5, 0.6) is 0 Å². The lowest BCUT2D eigenvalue weighted by molar-refractivity contribution is 1.05. The quantitative estimate of drug-likeness (QED) is 0.691. The lowest BCUT2D eigenvalue weighted by Gasteiger charge is -2.08. The van der Waals surface area contributed by atoms with E-state index >= 15 is 0 Å². The molecule has 0 saturated heterocycles. The van der Waals surface area contributed by atoms with Crippen LogP contribution in [0.2, 0.25) is 0 Å². The van der Waals surface area contributed by atoms with E-state index < -0.39 is 0 Å². The Labute approximate surface area is 110 Å². The Kier molecular flexibility index (Phi) is 2.52. The average Bonchev–Trinajstić information content (AvgIpc) is 2.41. The smallest absolute Gasteiger partial charge is 0.155 e. The Bertz CT molecular complexity index is 767. The van der Waals surface area contributed by atoms with Crippen molar-refractivity contribution in [2.45, 2.75) is 6.92 Å². The molecule has 94 valence electrons. The fourth-order valence-corrected chi connectivity index (χ4v) is 2.10. The van der Waals surface area contributed by atoms with Crippen LogP contribution < -0.4 is 11.5 Å². The van der Waals surface area contributed by atoms with E-state index in [0.29, 0.717) is 17.2 Å². The Morgan fingerprint density at radius 3 is 2.68 bits per heavy atom. The third kappa shape index (κ3) is 1.95. The van der Waals surface area contributed by atoms with Gasteiger partial charge in [-0.15, -0.1) is 10.2 Å². The first-order valence-electron chi connectivity index (χ1n) is 5.89. The monoisotopic (exact) mass is 251 g/mol. The molecule has 0 radical (unpaired) electrons. The van der Waals surface area contributed by atoms with Crippen LogP contribution in [0.3, 0.4) is 0 Å². The Morgan fingerprint density at radius 1 is 1.00 bits per heavy atom. The summed E-state index contributed by atoms with van der Waals surface area (Å²) in [6.45, 7) is 2.04. The summed E-state index contributed by atoms with van der Waals surface area (Å²) >= 11 is 0. The summed E-state index contributed by atoms with van der Waals surface area (Å²) < 4.78 is 0. The highest BCUT2D eigenvalue weighted by Gasteiger charge is 2.11. The molecule has 0 saturated carbocycles. The van der Waals surface area contributed by atoms with E-state index in [2.05, 4.69) is 33.4 Å². The first-order valence-corrected chi connectivity index (χ1v) is 5.89. The fraction of sp³-hybridized carbons (Fsp3) is 0.0714. The number of benzene rings is 1. The first-order chi connectivity index (χ1) is 9.15. The summed E-state index contributed by atoms with van der Waals surface area (Å²) in [6.07, 6.45) is 1.75. The Morgan fingerprint density at radius 2 is 1.84 bits per heavy atom. The van der Waals surface area contributed by atoms with E-state index in [-0.39, 0.29) is 0 Å². The van der Waals surface area contributed by atoms with Gasteiger partial charge in [0.1, 0.15) is 5.82 Å². The largest absolute Gasteiger partial charge is 0.382 e. The molecule has 2 aromatic heterocycles. The number of anilines is 2. The molecular formula is C14H13N5. The van der Waals surface area contributed by atoms with E-state index in [4.69, 9.17) is 11.5 Å². The molecule has 3 aromatic rings. The normalized spacial score (nSPS) is 10.8. The van der Waals surface area contributed by atoms with Crippen LogP contribution in [0, 0.1) is 6.92 Å². The van der Waals surface area contributed by atoms with Crippen molar-refractivity contribution in [3.63, 3.8) is 0 Å². The van der Waals surface area contributed by atoms with Crippen LogP contribution >= 0.6 is 0 Å². The van der Waals surface area contributed by atoms with Crippen molar-refractivity contribution in [3.8, 4) is 11.3 Å². The van der Waals surface area contributed by atoms with Gasteiger partial charge in [0, 0.05) is 17.1 Å². The summed E-state index contributed by atoms with van der Waals surface area (Å²) in [7, 11) is 0. The molecule has 0 aliphatic carbocycles. The fourth-order valence-electron chi connectivity index (χ4n) is 2.10. The molecule has 0 spiro atoms. The molecule has 1 aromatic carbocycles. The number of nitrogens with two attached hydrogens (primary N) is 2. The molecule has 0 atom stereocenters. The van der Waals surface area contributed by atoms with Gasteiger partial charge in [0.05, 0.1) is 5.69 Å². The number of nitrogen functional groups attached to an aromatic ring is 2. The second-order valence-corrected chi connectivity index (χ2v) is 4.45. The molecule has 0 fully saturated rings. The van der Waals surface area contributed by atoms with Gasteiger partial charge in [-0.25, -0.2) is 0 Å². The van der Waals surface area contributed by atoms with Crippen LogP contribution in [0.15, 0.2) is 36.5 Å². The Hall–Kier alpha value is -2.69. The van der Waals surface area contributed by atoms with Crippen LogP contribution in [0.1, 0.15) is 5.56 Å².